The van der Waals surface area contributed by atoms with E-state index in [2.05, 4.69) is 15.4 Å². The quantitative estimate of drug-likeness (QED) is 0.608. The highest BCUT2D eigenvalue weighted by atomic mass is 35.5. The van der Waals surface area contributed by atoms with Gasteiger partial charge in [-0.3, -0.25) is 19.8 Å². The van der Waals surface area contributed by atoms with Crippen LogP contribution in [0.4, 0.5) is 5.82 Å². The number of halogens is 1. The normalized spacial score (nSPS) is 13.6. The maximum atomic E-state index is 12.2. The number of aromatic nitrogens is 2. The Kier molecular flexibility index (Phi) is 5.20. The number of carbonyl (C=O) groups is 3. The lowest BCUT2D eigenvalue weighted by atomic mass is 10.2. The van der Waals surface area contributed by atoms with Crippen LogP contribution in [0.5, 0.6) is 0 Å². The SMILES string of the molecule is CC1=CC(=O)N(Nc2nc(-c3cccs3)nc3sc(C(N)=O)c(C)c23)C1=O.Cl. The van der Waals surface area contributed by atoms with Crippen molar-refractivity contribution in [3.8, 4) is 10.7 Å². The lowest BCUT2D eigenvalue weighted by Gasteiger charge is -2.17. The zero-order valence-corrected chi connectivity index (χ0v) is 17.1. The van der Waals surface area contributed by atoms with Crippen LogP contribution in [0.15, 0.2) is 29.2 Å². The van der Waals surface area contributed by atoms with Gasteiger partial charge in [0.1, 0.15) is 4.83 Å². The maximum absolute atomic E-state index is 12.2. The molecule has 0 bridgehead atoms. The minimum atomic E-state index is -0.565. The van der Waals surface area contributed by atoms with Crippen LogP contribution in [0.3, 0.4) is 0 Å². The summed E-state index contributed by atoms with van der Waals surface area (Å²) in [7, 11) is 0. The topological polar surface area (TPSA) is 118 Å². The molecule has 3 N–H and O–H groups in total. The molecule has 11 heteroatoms. The molecular weight excluding hydrogens is 422 g/mol. The number of thiophene rings is 2. The Morgan fingerprint density at radius 1 is 1.25 bits per heavy atom. The van der Waals surface area contributed by atoms with Crippen molar-refractivity contribution in [3.05, 3.63) is 39.6 Å². The van der Waals surface area contributed by atoms with E-state index in [1.54, 1.807) is 13.8 Å². The molecule has 3 aromatic rings. The van der Waals surface area contributed by atoms with Crippen molar-refractivity contribution in [2.45, 2.75) is 13.8 Å². The Bertz CT molecular complexity index is 1150. The van der Waals surface area contributed by atoms with Gasteiger partial charge in [-0.05, 0) is 30.9 Å². The second-order valence-corrected chi connectivity index (χ2v) is 7.84. The van der Waals surface area contributed by atoms with Crippen LogP contribution in [0.1, 0.15) is 22.2 Å². The summed E-state index contributed by atoms with van der Waals surface area (Å²) in [4.78, 5) is 46.9. The number of hydrogen-bond acceptors (Lipinski definition) is 8. The molecule has 0 fully saturated rings. The first-order valence-corrected chi connectivity index (χ1v) is 9.54. The number of rotatable bonds is 4. The molecule has 4 rings (SSSR count). The predicted molar refractivity (Wildman–Crippen MR) is 110 cm³/mol. The van der Waals surface area contributed by atoms with E-state index < -0.39 is 17.7 Å². The summed E-state index contributed by atoms with van der Waals surface area (Å²) < 4.78 is 0. The molecular formula is C17H14ClN5O3S2. The van der Waals surface area contributed by atoms with Gasteiger partial charge in [0.05, 0.1) is 15.1 Å². The van der Waals surface area contributed by atoms with Crippen molar-refractivity contribution in [2.24, 2.45) is 5.73 Å². The van der Waals surface area contributed by atoms with Crippen molar-refractivity contribution in [1.29, 1.82) is 0 Å². The molecule has 28 heavy (non-hydrogen) atoms. The third-order valence-electron chi connectivity index (χ3n) is 4.07. The van der Waals surface area contributed by atoms with E-state index in [9.17, 15) is 14.4 Å². The highest BCUT2D eigenvalue weighted by Gasteiger charge is 2.30. The van der Waals surface area contributed by atoms with E-state index in [0.717, 1.165) is 21.2 Å². The Balaban J connectivity index is 0.00000225. The number of anilines is 1. The zero-order valence-electron chi connectivity index (χ0n) is 14.7. The van der Waals surface area contributed by atoms with Gasteiger partial charge in [-0.2, -0.15) is 5.01 Å². The summed E-state index contributed by atoms with van der Waals surface area (Å²) in [5.41, 5.74) is 9.20. The van der Waals surface area contributed by atoms with Crippen molar-refractivity contribution in [1.82, 2.24) is 15.0 Å². The maximum Gasteiger partial charge on any atom is 0.275 e. The number of nitrogens with two attached hydrogens (primary N) is 1. The Morgan fingerprint density at radius 3 is 2.57 bits per heavy atom. The van der Waals surface area contributed by atoms with Gasteiger partial charge in [-0.25, -0.2) is 9.97 Å². The number of amides is 3. The molecule has 0 saturated carbocycles. The lowest BCUT2D eigenvalue weighted by Crippen LogP contribution is -2.36. The third-order valence-corrected chi connectivity index (χ3v) is 6.14. The number of fused-ring (bicyclic) bond motifs is 1. The molecule has 0 atom stereocenters. The summed E-state index contributed by atoms with van der Waals surface area (Å²) >= 11 is 2.61. The van der Waals surface area contributed by atoms with E-state index in [1.165, 1.54) is 17.4 Å². The molecule has 144 valence electrons. The Morgan fingerprint density at radius 2 is 2.00 bits per heavy atom. The van der Waals surface area contributed by atoms with Gasteiger partial charge in [0.25, 0.3) is 17.7 Å². The molecule has 1 aliphatic heterocycles. The molecule has 3 aromatic heterocycles. The van der Waals surface area contributed by atoms with Crippen LogP contribution in [-0.4, -0.2) is 32.7 Å². The van der Waals surface area contributed by atoms with E-state index in [0.29, 0.717) is 32.1 Å². The van der Waals surface area contributed by atoms with Gasteiger partial charge in [-0.1, -0.05) is 6.07 Å². The van der Waals surface area contributed by atoms with Crippen molar-refractivity contribution < 1.29 is 14.4 Å². The van der Waals surface area contributed by atoms with Gasteiger partial charge < -0.3 is 5.73 Å². The first-order valence-electron chi connectivity index (χ1n) is 7.85. The van der Waals surface area contributed by atoms with Crippen molar-refractivity contribution in [2.75, 3.05) is 5.43 Å². The van der Waals surface area contributed by atoms with E-state index in [4.69, 9.17) is 5.73 Å². The van der Waals surface area contributed by atoms with Crippen LogP contribution >= 0.6 is 35.1 Å². The smallest absolute Gasteiger partial charge is 0.275 e. The number of hydrogen-bond donors (Lipinski definition) is 2. The van der Waals surface area contributed by atoms with Crippen LogP contribution in [-0.2, 0) is 9.59 Å². The van der Waals surface area contributed by atoms with Gasteiger partial charge in [0.2, 0.25) is 0 Å². The van der Waals surface area contributed by atoms with Crippen LogP contribution < -0.4 is 11.2 Å². The molecule has 0 spiro atoms. The fourth-order valence-corrected chi connectivity index (χ4v) is 4.46. The highest BCUT2D eigenvalue weighted by Crippen LogP contribution is 2.36. The first-order chi connectivity index (χ1) is 12.9. The van der Waals surface area contributed by atoms with Gasteiger partial charge >= 0.3 is 0 Å². The summed E-state index contributed by atoms with van der Waals surface area (Å²) in [6.45, 7) is 3.30. The van der Waals surface area contributed by atoms with Crippen LogP contribution in [0.25, 0.3) is 20.9 Å². The van der Waals surface area contributed by atoms with E-state index in [-0.39, 0.29) is 18.2 Å². The number of hydrazine groups is 1. The Hall–Kier alpha value is -2.82. The molecule has 0 aromatic carbocycles. The number of nitrogens with zero attached hydrogens (tertiary/aromatic N) is 3. The van der Waals surface area contributed by atoms with Gasteiger partial charge in [0.15, 0.2) is 11.6 Å². The molecule has 4 heterocycles. The molecule has 3 amide bonds. The fraction of sp³-hybridized carbons (Fsp3) is 0.118. The zero-order chi connectivity index (χ0) is 19.3. The van der Waals surface area contributed by atoms with Crippen LogP contribution in [0.2, 0.25) is 0 Å². The lowest BCUT2D eigenvalue weighted by molar-refractivity contribution is -0.135. The molecule has 8 nitrogen and oxygen atoms in total. The molecule has 1 aliphatic rings. The summed E-state index contributed by atoms with van der Waals surface area (Å²) in [6.07, 6.45) is 1.25. The molecule has 0 radical (unpaired) electrons. The average molecular weight is 436 g/mol. The molecule has 0 aliphatic carbocycles. The van der Waals surface area contributed by atoms with Crippen LogP contribution in [0, 0.1) is 6.92 Å². The predicted octanol–water partition coefficient (Wildman–Crippen LogP) is 2.89. The first kappa shape index (κ1) is 19.9. The summed E-state index contributed by atoms with van der Waals surface area (Å²) in [5.74, 6) is -0.794. The number of aryl methyl sites for hydroxylation is 1. The Labute approximate surface area is 173 Å². The minimum Gasteiger partial charge on any atom is -0.365 e. The summed E-state index contributed by atoms with van der Waals surface area (Å²) in [6, 6.07) is 3.74. The molecule has 0 saturated heterocycles. The number of primary amides is 1. The highest BCUT2D eigenvalue weighted by molar-refractivity contribution is 7.20. The third kappa shape index (κ3) is 3.15. The summed E-state index contributed by atoms with van der Waals surface area (Å²) in [5, 5.41) is 3.35. The second kappa shape index (κ2) is 7.30. The van der Waals surface area contributed by atoms with E-state index >= 15 is 0 Å². The van der Waals surface area contributed by atoms with Crippen molar-refractivity contribution in [3.63, 3.8) is 0 Å². The number of nitrogens with one attached hydrogen (secondary N) is 1. The van der Waals surface area contributed by atoms with Gasteiger partial charge in [-0.15, -0.1) is 35.1 Å². The second-order valence-electron chi connectivity index (χ2n) is 5.89. The van der Waals surface area contributed by atoms with E-state index in [1.807, 2.05) is 17.5 Å². The number of imide groups is 1. The standard InChI is InChI=1S/C17H13N5O3S2.ClH/c1-7-6-10(23)22(17(7)25)21-15-11-8(2)12(13(18)24)27-16(11)20-14(19-15)9-4-3-5-26-9;/h3-6H,1-2H3,(H2,18,24)(H,19,20,21);1H. The fourth-order valence-electron chi connectivity index (χ4n) is 2.77. The van der Waals surface area contributed by atoms with Gasteiger partial charge in [0, 0.05) is 11.6 Å². The average Bonchev–Trinajstić information content (AvgIpc) is 3.31. The van der Waals surface area contributed by atoms with Crippen molar-refractivity contribution >= 4 is 68.8 Å². The monoisotopic (exact) mass is 435 g/mol. The minimum absolute atomic E-state index is 0. The number of carbonyl (C=O) groups excluding carboxylic acids is 3. The molecule has 0 unspecified atom stereocenters. The largest absolute Gasteiger partial charge is 0.365 e.